The van der Waals surface area contributed by atoms with Crippen LogP contribution in [0.1, 0.15) is 16.7 Å². The molecule has 2 aromatic heterocycles. The average molecular weight is 295 g/mol. The first-order chi connectivity index (χ1) is 9.25. The number of aromatic nitrogens is 2. The van der Waals surface area contributed by atoms with Crippen molar-refractivity contribution in [2.24, 2.45) is 5.84 Å². The second-order valence-corrected chi connectivity index (χ2v) is 5.87. The van der Waals surface area contributed by atoms with Gasteiger partial charge in [0.05, 0.1) is 6.54 Å². The molecule has 2 aromatic rings. The molecule has 5 nitrogen and oxygen atoms in total. The molecule has 0 atom stereocenters. The number of hydrazine groups is 1. The number of nitrogens with two attached hydrogens (primary N) is 1. The number of hydrogen-bond acceptors (Lipinski definition) is 7. The summed E-state index contributed by atoms with van der Waals surface area (Å²) in [5.41, 5.74) is 2.55. The Morgan fingerprint density at radius 1 is 1.26 bits per heavy atom. The summed E-state index contributed by atoms with van der Waals surface area (Å²) in [7, 11) is 0. The van der Waals surface area contributed by atoms with E-state index in [2.05, 4.69) is 39.8 Å². The standard InChI is InChI=1S/C12H17N5S2/c1-3-8-4-5-9(19-8)7-14-10-6-11(17-13)16-12(15-10)18-2/h4-6H,3,7,13H2,1-2H3,(H2,14,15,16,17). The van der Waals surface area contributed by atoms with Crippen LogP contribution < -0.4 is 16.6 Å². The number of hydrogen-bond donors (Lipinski definition) is 3. The minimum Gasteiger partial charge on any atom is -0.365 e. The van der Waals surface area contributed by atoms with E-state index in [0.717, 1.165) is 18.8 Å². The minimum absolute atomic E-state index is 0.613. The fraction of sp³-hybridized carbons (Fsp3) is 0.333. The Labute approximate surface area is 121 Å². The van der Waals surface area contributed by atoms with Gasteiger partial charge >= 0.3 is 0 Å². The van der Waals surface area contributed by atoms with Gasteiger partial charge in [0.25, 0.3) is 0 Å². The second kappa shape index (κ2) is 6.74. The van der Waals surface area contributed by atoms with Gasteiger partial charge in [-0.15, -0.1) is 11.3 Å². The molecule has 2 rings (SSSR count). The molecule has 0 bridgehead atoms. The molecule has 19 heavy (non-hydrogen) atoms. The molecular formula is C12H17N5S2. The fourth-order valence-electron chi connectivity index (χ4n) is 1.57. The van der Waals surface area contributed by atoms with Gasteiger partial charge in [-0.3, -0.25) is 0 Å². The smallest absolute Gasteiger partial charge is 0.191 e. The van der Waals surface area contributed by atoms with Gasteiger partial charge in [-0.25, -0.2) is 15.8 Å². The fourth-order valence-corrected chi connectivity index (χ4v) is 2.84. The van der Waals surface area contributed by atoms with Crippen molar-refractivity contribution in [1.82, 2.24) is 9.97 Å². The van der Waals surface area contributed by atoms with E-state index in [1.165, 1.54) is 21.5 Å². The van der Waals surface area contributed by atoms with Gasteiger partial charge in [0.15, 0.2) is 5.16 Å². The van der Waals surface area contributed by atoms with Crippen LogP contribution in [-0.4, -0.2) is 16.2 Å². The predicted molar refractivity (Wildman–Crippen MR) is 82.6 cm³/mol. The summed E-state index contributed by atoms with van der Waals surface area (Å²) in [5, 5.41) is 3.99. The highest BCUT2D eigenvalue weighted by Crippen LogP contribution is 2.20. The van der Waals surface area contributed by atoms with Crippen LogP contribution >= 0.6 is 23.1 Å². The van der Waals surface area contributed by atoms with E-state index in [1.54, 1.807) is 6.07 Å². The Bertz CT molecular complexity index is 518. The quantitative estimate of drug-likeness (QED) is 0.329. The van der Waals surface area contributed by atoms with Crippen LogP contribution in [0.25, 0.3) is 0 Å². The summed E-state index contributed by atoms with van der Waals surface area (Å²) in [6.07, 6.45) is 3.02. The first kappa shape index (κ1) is 14.1. The molecule has 2 heterocycles. The average Bonchev–Trinajstić information content (AvgIpc) is 2.92. The third-order valence-corrected chi connectivity index (χ3v) is 4.32. The second-order valence-electron chi connectivity index (χ2n) is 3.84. The lowest BCUT2D eigenvalue weighted by atomic mass is 10.3. The number of thioether (sulfide) groups is 1. The predicted octanol–water partition coefficient (Wildman–Crippen LogP) is 2.72. The highest BCUT2D eigenvalue weighted by atomic mass is 32.2. The van der Waals surface area contributed by atoms with Crippen LogP contribution in [0.15, 0.2) is 23.4 Å². The zero-order valence-electron chi connectivity index (χ0n) is 10.9. The lowest BCUT2D eigenvalue weighted by Gasteiger charge is -2.07. The molecular weight excluding hydrogens is 278 g/mol. The van der Waals surface area contributed by atoms with Gasteiger partial charge in [-0.2, -0.15) is 0 Å². The van der Waals surface area contributed by atoms with Crippen molar-refractivity contribution in [2.75, 3.05) is 17.0 Å². The molecule has 0 spiro atoms. The zero-order chi connectivity index (χ0) is 13.7. The Kier molecular flexibility index (Phi) is 5.00. The number of anilines is 2. The highest BCUT2D eigenvalue weighted by molar-refractivity contribution is 7.98. The number of aryl methyl sites for hydroxylation is 1. The third-order valence-electron chi connectivity index (χ3n) is 2.55. The van der Waals surface area contributed by atoms with Crippen molar-refractivity contribution in [3.63, 3.8) is 0 Å². The van der Waals surface area contributed by atoms with Crippen LogP contribution in [0.2, 0.25) is 0 Å². The van der Waals surface area contributed by atoms with Crippen LogP contribution in [-0.2, 0) is 13.0 Å². The molecule has 0 aliphatic carbocycles. The summed E-state index contributed by atoms with van der Waals surface area (Å²) >= 11 is 3.31. The summed E-state index contributed by atoms with van der Waals surface area (Å²) in [5.74, 6) is 6.79. The van der Waals surface area contributed by atoms with E-state index in [4.69, 9.17) is 5.84 Å². The summed E-state index contributed by atoms with van der Waals surface area (Å²) < 4.78 is 0. The first-order valence-electron chi connectivity index (χ1n) is 5.96. The van der Waals surface area contributed by atoms with Gasteiger partial charge in [0.2, 0.25) is 0 Å². The Morgan fingerprint density at radius 3 is 2.63 bits per heavy atom. The number of rotatable bonds is 6. The highest BCUT2D eigenvalue weighted by Gasteiger charge is 2.04. The maximum atomic E-state index is 5.40. The molecule has 4 N–H and O–H groups in total. The number of nitrogens with zero attached hydrogens (tertiary/aromatic N) is 2. The molecule has 0 saturated heterocycles. The lowest BCUT2D eigenvalue weighted by molar-refractivity contribution is 0.955. The summed E-state index contributed by atoms with van der Waals surface area (Å²) in [4.78, 5) is 11.3. The number of thiophene rings is 1. The topological polar surface area (TPSA) is 75.9 Å². The van der Waals surface area contributed by atoms with E-state index in [0.29, 0.717) is 11.0 Å². The summed E-state index contributed by atoms with van der Waals surface area (Å²) in [6.45, 7) is 2.93. The first-order valence-corrected chi connectivity index (χ1v) is 8.00. The van der Waals surface area contributed by atoms with Crippen LogP contribution in [0.3, 0.4) is 0 Å². The monoisotopic (exact) mass is 295 g/mol. The van der Waals surface area contributed by atoms with E-state index in [1.807, 2.05) is 17.6 Å². The SMILES string of the molecule is CCc1ccc(CNc2cc(NN)nc(SC)n2)s1. The maximum Gasteiger partial charge on any atom is 0.191 e. The molecule has 0 fully saturated rings. The van der Waals surface area contributed by atoms with E-state index in [9.17, 15) is 0 Å². The normalized spacial score (nSPS) is 10.5. The minimum atomic E-state index is 0.613. The molecule has 0 radical (unpaired) electrons. The van der Waals surface area contributed by atoms with Crippen molar-refractivity contribution in [3.05, 3.63) is 28.0 Å². The van der Waals surface area contributed by atoms with E-state index >= 15 is 0 Å². The van der Waals surface area contributed by atoms with Gasteiger partial charge < -0.3 is 10.7 Å². The number of nitrogens with one attached hydrogen (secondary N) is 2. The van der Waals surface area contributed by atoms with Crippen LogP contribution in [0.4, 0.5) is 11.6 Å². The maximum absolute atomic E-state index is 5.40. The Hall–Kier alpha value is -1.31. The number of nitrogen functional groups attached to an aromatic ring is 1. The molecule has 0 aliphatic rings. The third kappa shape index (κ3) is 3.82. The van der Waals surface area contributed by atoms with Gasteiger partial charge in [-0.1, -0.05) is 18.7 Å². The van der Waals surface area contributed by atoms with Crippen molar-refractivity contribution in [3.8, 4) is 0 Å². The molecule has 7 heteroatoms. The van der Waals surface area contributed by atoms with E-state index in [-0.39, 0.29) is 0 Å². The van der Waals surface area contributed by atoms with Crippen molar-refractivity contribution in [2.45, 2.75) is 25.0 Å². The van der Waals surface area contributed by atoms with E-state index < -0.39 is 0 Å². The zero-order valence-corrected chi connectivity index (χ0v) is 12.6. The molecule has 102 valence electrons. The molecule has 0 aromatic carbocycles. The van der Waals surface area contributed by atoms with Crippen molar-refractivity contribution < 1.29 is 0 Å². The summed E-state index contributed by atoms with van der Waals surface area (Å²) in [6, 6.07) is 6.12. The largest absolute Gasteiger partial charge is 0.365 e. The Morgan fingerprint density at radius 2 is 2.00 bits per heavy atom. The van der Waals surface area contributed by atoms with Gasteiger partial charge in [-0.05, 0) is 24.8 Å². The van der Waals surface area contributed by atoms with Crippen molar-refractivity contribution in [1.29, 1.82) is 0 Å². The van der Waals surface area contributed by atoms with Gasteiger partial charge in [0.1, 0.15) is 11.6 Å². The molecule has 0 saturated carbocycles. The lowest BCUT2D eigenvalue weighted by Crippen LogP contribution is -2.10. The molecule has 0 unspecified atom stereocenters. The molecule has 0 aliphatic heterocycles. The Balaban J connectivity index is 2.05. The molecule has 0 amide bonds. The van der Waals surface area contributed by atoms with Gasteiger partial charge in [0, 0.05) is 15.8 Å². The van der Waals surface area contributed by atoms with Crippen LogP contribution in [0, 0.1) is 0 Å². The van der Waals surface area contributed by atoms with Crippen LogP contribution in [0.5, 0.6) is 0 Å². The van der Waals surface area contributed by atoms with Crippen molar-refractivity contribution >= 4 is 34.7 Å².